The summed E-state index contributed by atoms with van der Waals surface area (Å²) in [6, 6.07) is 11.4. The summed E-state index contributed by atoms with van der Waals surface area (Å²) in [4.78, 5) is 0. The van der Waals surface area contributed by atoms with Crippen molar-refractivity contribution < 1.29 is 0 Å². The van der Waals surface area contributed by atoms with Crippen LogP contribution in [-0.4, -0.2) is 0 Å². The second-order valence-corrected chi connectivity index (χ2v) is 6.82. The fraction of sp³-hybridized carbons (Fsp3) is 0.304. The van der Waals surface area contributed by atoms with Crippen molar-refractivity contribution >= 4 is 5.57 Å². The van der Waals surface area contributed by atoms with Crippen LogP contribution in [0, 0.1) is 6.92 Å². The van der Waals surface area contributed by atoms with Crippen molar-refractivity contribution in [2.75, 3.05) is 0 Å². The molecule has 116 valence electrons. The van der Waals surface area contributed by atoms with Gasteiger partial charge >= 0.3 is 0 Å². The third kappa shape index (κ3) is 2.37. The molecule has 0 aromatic heterocycles. The molecule has 0 heteroatoms. The van der Waals surface area contributed by atoms with Gasteiger partial charge in [0, 0.05) is 0 Å². The van der Waals surface area contributed by atoms with Gasteiger partial charge in [0.1, 0.15) is 0 Å². The van der Waals surface area contributed by atoms with E-state index in [0.717, 1.165) is 12.8 Å². The Morgan fingerprint density at radius 3 is 2.74 bits per heavy atom. The average molecular weight is 300 g/mol. The molecule has 4 rings (SSSR count). The molecular weight excluding hydrogens is 276 g/mol. The lowest BCUT2D eigenvalue weighted by Gasteiger charge is -2.18. The predicted octanol–water partition coefficient (Wildman–Crippen LogP) is 6.25. The van der Waals surface area contributed by atoms with Crippen molar-refractivity contribution in [1.29, 1.82) is 0 Å². The summed E-state index contributed by atoms with van der Waals surface area (Å²) in [6.45, 7) is 4.62. The lowest BCUT2D eigenvalue weighted by molar-refractivity contribution is 0.791. The Morgan fingerprint density at radius 2 is 1.96 bits per heavy atom. The van der Waals surface area contributed by atoms with E-state index in [1.54, 1.807) is 11.1 Å². The molecule has 2 aliphatic rings. The topological polar surface area (TPSA) is 0 Å². The van der Waals surface area contributed by atoms with E-state index in [-0.39, 0.29) is 0 Å². The maximum atomic E-state index is 2.48. The second-order valence-electron chi connectivity index (χ2n) is 6.82. The highest BCUT2D eigenvalue weighted by molar-refractivity contribution is 5.87. The second kappa shape index (κ2) is 5.85. The molecule has 2 aliphatic carbocycles. The van der Waals surface area contributed by atoms with Gasteiger partial charge in [0.25, 0.3) is 0 Å². The minimum atomic E-state index is 1.08. The molecule has 0 spiro atoms. The molecular formula is C23H24. The van der Waals surface area contributed by atoms with Crippen LogP contribution in [0.25, 0.3) is 16.7 Å². The maximum absolute atomic E-state index is 2.48. The fourth-order valence-electron chi connectivity index (χ4n) is 4.14. The molecule has 0 nitrogen and oxygen atoms in total. The van der Waals surface area contributed by atoms with E-state index >= 15 is 0 Å². The highest BCUT2D eigenvalue weighted by Crippen LogP contribution is 2.44. The Balaban J connectivity index is 1.92. The third-order valence-electron chi connectivity index (χ3n) is 5.37. The fourth-order valence-corrected chi connectivity index (χ4v) is 4.14. The summed E-state index contributed by atoms with van der Waals surface area (Å²) in [5.41, 5.74) is 12.1. The Hall–Kier alpha value is -2.08. The van der Waals surface area contributed by atoms with Crippen molar-refractivity contribution in [1.82, 2.24) is 0 Å². The monoisotopic (exact) mass is 300 g/mol. The quantitative estimate of drug-likeness (QED) is 0.534. The van der Waals surface area contributed by atoms with Crippen molar-refractivity contribution in [3.63, 3.8) is 0 Å². The minimum Gasteiger partial charge on any atom is -0.0801 e. The van der Waals surface area contributed by atoms with Crippen LogP contribution in [0.2, 0.25) is 0 Å². The number of allylic oxidation sites excluding steroid dienone is 4. The third-order valence-corrected chi connectivity index (χ3v) is 5.37. The Labute approximate surface area is 139 Å². The van der Waals surface area contributed by atoms with Crippen LogP contribution >= 0.6 is 0 Å². The van der Waals surface area contributed by atoms with Crippen LogP contribution in [0.3, 0.4) is 0 Å². The van der Waals surface area contributed by atoms with Crippen LogP contribution in [0.5, 0.6) is 0 Å². The van der Waals surface area contributed by atoms with Crippen LogP contribution in [0.1, 0.15) is 54.0 Å². The first-order valence-electron chi connectivity index (χ1n) is 8.89. The predicted molar refractivity (Wildman–Crippen MR) is 99.8 cm³/mol. The maximum Gasteiger partial charge on any atom is -0.000730 e. The first kappa shape index (κ1) is 14.5. The molecule has 0 fully saturated rings. The number of unbranched alkanes of at least 4 members (excludes halogenated alkanes) is 1. The van der Waals surface area contributed by atoms with Gasteiger partial charge in [0.15, 0.2) is 0 Å². The molecule has 2 aromatic rings. The van der Waals surface area contributed by atoms with Crippen LogP contribution < -0.4 is 0 Å². The summed E-state index contributed by atoms with van der Waals surface area (Å²) in [6.07, 6.45) is 12.7. The smallest absolute Gasteiger partial charge is 0.000730 e. The molecule has 0 aliphatic heterocycles. The van der Waals surface area contributed by atoms with E-state index < -0.39 is 0 Å². The summed E-state index contributed by atoms with van der Waals surface area (Å²) in [5, 5.41) is 0. The van der Waals surface area contributed by atoms with Gasteiger partial charge in [-0.1, -0.05) is 61.9 Å². The van der Waals surface area contributed by atoms with Gasteiger partial charge in [-0.3, -0.25) is 0 Å². The number of hydrogen-bond acceptors (Lipinski definition) is 0. The summed E-state index contributed by atoms with van der Waals surface area (Å²) >= 11 is 0. The normalized spacial score (nSPS) is 14.8. The molecule has 0 bridgehead atoms. The van der Waals surface area contributed by atoms with E-state index in [9.17, 15) is 0 Å². The number of rotatable bonds is 4. The molecule has 0 N–H and O–H groups in total. The zero-order valence-corrected chi connectivity index (χ0v) is 14.2. The van der Waals surface area contributed by atoms with E-state index in [4.69, 9.17) is 0 Å². The first-order valence-corrected chi connectivity index (χ1v) is 8.89. The Bertz CT molecular complexity index is 818. The molecule has 0 saturated heterocycles. The molecule has 2 aromatic carbocycles. The van der Waals surface area contributed by atoms with Crippen LogP contribution in [0.15, 0.2) is 48.6 Å². The van der Waals surface area contributed by atoms with Gasteiger partial charge in [0.05, 0.1) is 0 Å². The molecule has 0 heterocycles. The first-order chi connectivity index (χ1) is 11.3. The van der Waals surface area contributed by atoms with Crippen molar-refractivity contribution in [2.45, 2.75) is 46.0 Å². The Kier molecular flexibility index (Phi) is 3.69. The van der Waals surface area contributed by atoms with Gasteiger partial charge in [-0.2, -0.15) is 0 Å². The number of hydrogen-bond donors (Lipinski definition) is 0. The summed E-state index contributed by atoms with van der Waals surface area (Å²) in [5.74, 6) is 0. The minimum absolute atomic E-state index is 1.08. The highest BCUT2D eigenvalue weighted by atomic mass is 14.3. The zero-order valence-electron chi connectivity index (χ0n) is 14.2. The molecule has 0 radical (unpaired) electrons. The van der Waals surface area contributed by atoms with Crippen molar-refractivity contribution in [3.8, 4) is 11.1 Å². The van der Waals surface area contributed by atoms with Gasteiger partial charge in [-0.05, 0) is 77.1 Å². The molecule has 0 unspecified atom stereocenters. The standard InChI is InChI=1S/C23H24/c1-3-4-9-18-14-21-20-13-8-7-12-19(20)15-22(21)23(16(18)2)17-10-5-6-11-17/h5-8,10,12-14H,3-4,9,11,15H2,1-2H3. The lowest BCUT2D eigenvalue weighted by Crippen LogP contribution is -2.01. The molecule has 0 amide bonds. The zero-order chi connectivity index (χ0) is 15.8. The van der Waals surface area contributed by atoms with Gasteiger partial charge < -0.3 is 0 Å². The molecule has 0 atom stereocenters. The van der Waals surface area contributed by atoms with Gasteiger partial charge in [-0.15, -0.1) is 0 Å². The summed E-state index contributed by atoms with van der Waals surface area (Å²) in [7, 11) is 0. The van der Waals surface area contributed by atoms with Gasteiger partial charge in [-0.25, -0.2) is 0 Å². The van der Waals surface area contributed by atoms with Crippen molar-refractivity contribution in [3.05, 3.63) is 76.4 Å². The van der Waals surface area contributed by atoms with E-state index in [2.05, 4.69) is 62.4 Å². The highest BCUT2D eigenvalue weighted by Gasteiger charge is 2.25. The Morgan fingerprint density at radius 1 is 1.09 bits per heavy atom. The number of aryl methyl sites for hydroxylation is 1. The number of fused-ring (bicyclic) bond motifs is 3. The van der Waals surface area contributed by atoms with Crippen LogP contribution in [0.4, 0.5) is 0 Å². The summed E-state index contributed by atoms with van der Waals surface area (Å²) < 4.78 is 0. The van der Waals surface area contributed by atoms with Crippen LogP contribution in [-0.2, 0) is 12.8 Å². The molecule has 0 saturated carbocycles. The number of benzene rings is 2. The SMILES string of the molecule is CCCCc1cc2c(c(C3=CC=CC3)c1C)Cc1ccccc1-2. The van der Waals surface area contributed by atoms with Gasteiger partial charge in [0.2, 0.25) is 0 Å². The molecule has 23 heavy (non-hydrogen) atoms. The lowest BCUT2D eigenvalue weighted by atomic mass is 9.86. The van der Waals surface area contributed by atoms with E-state index in [1.165, 1.54) is 52.7 Å². The van der Waals surface area contributed by atoms with E-state index in [0.29, 0.717) is 0 Å². The largest absolute Gasteiger partial charge is 0.0801 e. The van der Waals surface area contributed by atoms with E-state index in [1.807, 2.05) is 0 Å². The van der Waals surface area contributed by atoms with Crippen molar-refractivity contribution in [2.24, 2.45) is 0 Å². The average Bonchev–Trinajstić information content (AvgIpc) is 3.20.